The summed E-state index contributed by atoms with van der Waals surface area (Å²) in [5.41, 5.74) is 0.335. The van der Waals surface area contributed by atoms with Crippen LogP contribution < -0.4 is 5.32 Å². The second-order valence-electron chi connectivity index (χ2n) is 4.28. The van der Waals surface area contributed by atoms with Gasteiger partial charge in [-0.3, -0.25) is 0 Å². The van der Waals surface area contributed by atoms with Gasteiger partial charge in [-0.2, -0.15) is 0 Å². The summed E-state index contributed by atoms with van der Waals surface area (Å²) in [5.74, 6) is -0.260. The van der Waals surface area contributed by atoms with E-state index in [-0.39, 0.29) is 6.04 Å². The van der Waals surface area contributed by atoms with Crippen molar-refractivity contribution in [3.8, 4) is 0 Å². The third-order valence-corrected chi connectivity index (χ3v) is 4.22. The highest BCUT2D eigenvalue weighted by molar-refractivity contribution is 7.99. The number of hydrogen-bond donors (Lipinski definition) is 1. The van der Waals surface area contributed by atoms with Crippen LogP contribution in [-0.4, -0.2) is 12.8 Å². The Labute approximate surface area is 126 Å². The molecule has 0 saturated heterocycles. The standard InChI is InChI=1S/C15H14ClF2NS/c1-19-15(13-8-11(17)5-6-14(13)18)9-20-12-4-2-3-10(16)7-12/h2-8,15,19H,9H2,1H3. The molecule has 0 aliphatic rings. The molecule has 2 aromatic rings. The average molecular weight is 314 g/mol. The van der Waals surface area contributed by atoms with Crippen molar-refractivity contribution < 1.29 is 8.78 Å². The molecule has 1 N–H and O–H groups in total. The first-order valence-corrected chi connectivity index (χ1v) is 7.47. The Morgan fingerprint density at radius 3 is 2.70 bits per heavy atom. The molecule has 5 heteroatoms. The minimum absolute atomic E-state index is 0.269. The van der Waals surface area contributed by atoms with E-state index in [4.69, 9.17) is 11.6 Å². The van der Waals surface area contributed by atoms with Gasteiger partial charge in [-0.25, -0.2) is 8.78 Å². The van der Waals surface area contributed by atoms with Gasteiger partial charge in [0, 0.05) is 27.3 Å². The van der Waals surface area contributed by atoms with Crippen LogP contribution in [0.4, 0.5) is 8.78 Å². The van der Waals surface area contributed by atoms with Crippen molar-refractivity contribution in [2.24, 2.45) is 0 Å². The molecule has 20 heavy (non-hydrogen) atoms. The maximum Gasteiger partial charge on any atom is 0.128 e. The summed E-state index contributed by atoms with van der Waals surface area (Å²) in [4.78, 5) is 0.995. The summed E-state index contributed by atoms with van der Waals surface area (Å²) in [7, 11) is 1.73. The zero-order valence-electron chi connectivity index (χ0n) is 10.9. The molecule has 0 amide bonds. The smallest absolute Gasteiger partial charge is 0.128 e. The molecule has 2 rings (SSSR count). The van der Waals surface area contributed by atoms with Crippen LogP contribution in [0, 0.1) is 11.6 Å². The van der Waals surface area contributed by atoms with Gasteiger partial charge in [-0.15, -0.1) is 11.8 Å². The second kappa shape index (κ2) is 7.07. The maximum absolute atomic E-state index is 13.8. The summed E-state index contributed by atoms with van der Waals surface area (Å²) in [6.07, 6.45) is 0. The van der Waals surface area contributed by atoms with Gasteiger partial charge in [0.2, 0.25) is 0 Å². The van der Waals surface area contributed by atoms with E-state index in [0.29, 0.717) is 16.3 Å². The minimum Gasteiger partial charge on any atom is -0.312 e. The molecule has 0 fully saturated rings. The molecule has 1 atom stereocenters. The van der Waals surface area contributed by atoms with E-state index in [1.807, 2.05) is 18.2 Å². The number of thioether (sulfide) groups is 1. The summed E-state index contributed by atoms with van der Waals surface area (Å²) in [5, 5.41) is 3.67. The third kappa shape index (κ3) is 3.95. The van der Waals surface area contributed by atoms with Crippen molar-refractivity contribution in [3.05, 3.63) is 64.7 Å². The van der Waals surface area contributed by atoms with Gasteiger partial charge in [0.1, 0.15) is 11.6 Å². The summed E-state index contributed by atoms with van der Waals surface area (Å²) in [6, 6.07) is 10.7. The Hall–Kier alpha value is -1.10. The highest BCUT2D eigenvalue weighted by Gasteiger charge is 2.15. The Balaban J connectivity index is 2.11. The summed E-state index contributed by atoms with van der Waals surface area (Å²) < 4.78 is 27.0. The lowest BCUT2D eigenvalue weighted by Gasteiger charge is -2.17. The van der Waals surface area contributed by atoms with E-state index in [1.165, 1.54) is 6.07 Å². The SMILES string of the molecule is CNC(CSc1cccc(Cl)c1)c1cc(F)ccc1F. The predicted octanol–water partition coefficient (Wildman–Crippen LogP) is 4.67. The van der Waals surface area contributed by atoms with E-state index in [9.17, 15) is 8.78 Å². The largest absolute Gasteiger partial charge is 0.312 e. The number of benzene rings is 2. The van der Waals surface area contributed by atoms with E-state index in [0.717, 1.165) is 17.0 Å². The van der Waals surface area contributed by atoms with Crippen LogP contribution in [-0.2, 0) is 0 Å². The summed E-state index contributed by atoms with van der Waals surface area (Å²) >= 11 is 7.46. The van der Waals surface area contributed by atoms with E-state index < -0.39 is 11.6 Å². The van der Waals surface area contributed by atoms with Crippen LogP contribution in [0.1, 0.15) is 11.6 Å². The quantitative estimate of drug-likeness (QED) is 0.805. The van der Waals surface area contributed by atoms with Crippen molar-refractivity contribution in [1.29, 1.82) is 0 Å². The minimum atomic E-state index is -0.436. The third-order valence-electron chi connectivity index (χ3n) is 2.89. The Bertz CT molecular complexity index is 592. The average Bonchev–Trinajstić information content (AvgIpc) is 2.43. The molecule has 0 bridgehead atoms. The molecule has 2 aromatic carbocycles. The van der Waals surface area contributed by atoms with Crippen LogP contribution in [0.25, 0.3) is 0 Å². The van der Waals surface area contributed by atoms with Crippen LogP contribution >= 0.6 is 23.4 Å². The highest BCUT2D eigenvalue weighted by Crippen LogP contribution is 2.27. The topological polar surface area (TPSA) is 12.0 Å². The predicted molar refractivity (Wildman–Crippen MR) is 80.3 cm³/mol. The zero-order chi connectivity index (χ0) is 14.5. The van der Waals surface area contributed by atoms with Gasteiger partial charge < -0.3 is 5.32 Å². The Morgan fingerprint density at radius 1 is 1.20 bits per heavy atom. The van der Waals surface area contributed by atoms with Gasteiger partial charge in [0.15, 0.2) is 0 Å². The van der Waals surface area contributed by atoms with E-state index in [2.05, 4.69) is 5.32 Å². The van der Waals surface area contributed by atoms with Crippen LogP contribution in [0.5, 0.6) is 0 Å². The molecule has 0 spiro atoms. The molecular formula is C15H14ClF2NS. The van der Waals surface area contributed by atoms with Gasteiger partial charge in [-0.05, 0) is 43.4 Å². The zero-order valence-corrected chi connectivity index (χ0v) is 12.4. The van der Waals surface area contributed by atoms with E-state index in [1.54, 1.807) is 24.9 Å². The van der Waals surface area contributed by atoms with Crippen LogP contribution in [0.2, 0.25) is 5.02 Å². The fourth-order valence-corrected chi connectivity index (χ4v) is 3.19. The lowest BCUT2D eigenvalue weighted by molar-refractivity contribution is 0.549. The Morgan fingerprint density at radius 2 is 2.00 bits per heavy atom. The van der Waals surface area contributed by atoms with Crippen molar-refractivity contribution in [3.63, 3.8) is 0 Å². The molecule has 0 aliphatic carbocycles. The highest BCUT2D eigenvalue weighted by atomic mass is 35.5. The first-order chi connectivity index (χ1) is 9.60. The first-order valence-electron chi connectivity index (χ1n) is 6.10. The molecule has 0 saturated carbocycles. The van der Waals surface area contributed by atoms with Crippen molar-refractivity contribution in [2.45, 2.75) is 10.9 Å². The number of nitrogens with one attached hydrogen (secondary N) is 1. The lowest BCUT2D eigenvalue weighted by Crippen LogP contribution is -2.20. The number of rotatable bonds is 5. The van der Waals surface area contributed by atoms with Crippen LogP contribution in [0.3, 0.4) is 0 Å². The van der Waals surface area contributed by atoms with Gasteiger partial charge in [0.25, 0.3) is 0 Å². The molecule has 1 nitrogen and oxygen atoms in total. The van der Waals surface area contributed by atoms with Crippen molar-refractivity contribution in [2.75, 3.05) is 12.8 Å². The normalized spacial score (nSPS) is 12.4. The molecule has 0 radical (unpaired) electrons. The van der Waals surface area contributed by atoms with Gasteiger partial charge in [-0.1, -0.05) is 17.7 Å². The second-order valence-corrected chi connectivity index (χ2v) is 5.81. The van der Waals surface area contributed by atoms with Gasteiger partial charge >= 0.3 is 0 Å². The molecule has 0 aliphatic heterocycles. The monoisotopic (exact) mass is 313 g/mol. The fraction of sp³-hybridized carbons (Fsp3) is 0.200. The Kier molecular flexibility index (Phi) is 5.40. The number of halogens is 3. The van der Waals surface area contributed by atoms with Gasteiger partial charge in [0.05, 0.1) is 0 Å². The molecule has 0 aromatic heterocycles. The molecule has 0 heterocycles. The first kappa shape index (κ1) is 15.3. The van der Waals surface area contributed by atoms with Crippen LogP contribution in [0.15, 0.2) is 47.4 Å². The van der Waals surface area contributed by atoms with Crippen molar-refractivity contribution >= 4 is 23.4 Å². The molecule has 106 valence electrons. The van der Waals surface area contributed by atoms with E-state index >= 15 is 0 Å². The lowest BCUT2D eigenvalue weighted by atomic mass is 10.1. The summed E-state index contributed by atoms with van der Waals surface area (Å²) in [6.45, 7) is 0. The molecule has 1 unspecified atom stereocenters. The fourth-order valence-electron chi connectivity index (χ4n) is 1.85. The number of hydrogen-bond acceptors (Lipinski definition) is 2. The maximum atomic E-state index is 13.8. The van der Waals surface area contributed by atoms with Crippen molar-refractivity contribution in [1.82, 2.24) is 5.32 Å². The molecular weight excluding hydrogens is 300 g/mol.